The van der Waals surface area contributed by atoms with E-state index in [0.29, 0.717) is 18.1 Å². The lowest BCUT2D eigenvalue weighted by Gasteiger charge is -2.17. The molecule has 1 atom stereocenters. The van der Waals surface area contributed by atoms with E-state index in [2.05, 4.69) is 5.32 Å². The van der Waals surface area contributed by atoms with Gasteiger partial charge < -0.3 is 15.0 Å². The molecule has 0 spiro atoms. The highest BCUT2D eigenvalue weighted by Gasteiger charge is 2.35. The summed E-state index contributed by atoms with van der Waals surface area (Å²) in [4.78, 5) is 26.3. The standard InChI is InChI=1S/C19H19ClN2O3/c1-25-16-8-6-15(7-9-16)22-12-14(10-18(22)23)19(24)21-11-13-4-2-3-5-17(13)20/h2-9,14H,10-12H2,1H3,(H,21,24)/t14-/m1/s1. The second kappa shape index (κ2) is 7.57. The van der Waals surface area contributed by atoms with Gasteiger partial charge in [-0.3, -0.25) is 9.59 Å². The van der Waals surface area contributed by atoms with Crippen LogP contribution in [0.25, 0.3) is 0 Å². The molecule has 3 rings (SSSR count). The van der Waals surface area contributed by atoms with Crippen molar-refractivity contribution in [2.45, 2.75) is 13.0 Å². The highest BCUT2D eigenvalue weighted by Crippen LogP contribution is 2.27. The number of benzene rings is 2. The minimum atomic E-state index is -0.364. The molecule has 1 N–H and O–H groups in total. The summed E-state index contributed by atoms with van der Waals surface area (Å²) >= 11 is 6.09. The van der Waals surface area contributed by atoms with E-state index < -0.39 is 0 Å². The predicted molar refractivity (Wildman–Crippen MR) is 96.8 cm³/mol. The average Bonchev–Trinajstić information content (AvgIpc) is 3.03. The van der Waals surface area contributed by atoms with Gasteiger partial charge in [-0.25, -0.2) is 0 Å². The smallest absolute Gasteiger partial charge is 0.227 e. The van der Waals surface area contributed by atoms with Crippen LogP contribution in [0.5, 0.6) is 5.75 Å². The molecule has 0 aliphatic carbocycles. The van der Waals surface area contributed by atoms with Crippen LogP contribution in [0.1, 0.15) is 12.0 Å². The zero-order valence-corrected chi connectivity index (χ0v) is 14.6. The Balaban J connectivity index is 1.61. The molecule has 2 amide bonds. The van der Waals surface area contributed by atoms with Crippen LogP contribution in [-0.2, 0) is 16.1 Å². The summed E-state index contributed by atoms with van der Waals surface area (Å²) in [6.07, 6.45) is 0.209. The molecule has 0 radical (unpaired) electrons. The number of rotatable bonds is 5. The lowest BCUT2D eigenvalue weighted by molar-refractivity contribution is -0.126. The Morgan fingerprint density at radius 3 is 2.64 bits per heavy atom. The molecule has 25 heavy (non-hydrogen) atoms. The second-order valence-electron chi connectivity index (χ2n) is 5.91. The maximum absolute atomic E-state index is 12.4. The molecule has 0 bridgehead atoms. The third kappa shape index (κ3) is 3.94. The Morgan fingerprint density at radius 2 is 1.96 bits per heavy atom. The summed E-state index contributed by atoms with van der Waals surface area (Å²) in [6.45, 7) is 0.727. The van der Waals surface area contributed by atoms with Gasteiger partial charge in [-0.2, -0.15) is 0 Å². The van der Waals surface area contributed by atoms with Crippen molar-refractivity contribution in [2.75, 3.05) is 18.6 Å². The fourth-order valence-corrected chi connectivity index (χ4v) is 3.07. The van der Waals surface area contributed by atoms with E-state index in [1.165, 1.54) is 0 Å². The van der Waals surface area contributed by atoms with E-state index in [9.17, 15) is 9.59 Å². The normalized spacial score (nSPS) is 16.8. The Bertz CT molecular complexity index is 776. The monoisotopic (exact) mass is 358 g/mol. The molecule has 6 heteroatoms. The zero-order chi connectivity index (χ0) is 17.8. The Kier molecular flexibility index (Phi) is 5.24. The van der Waals surface area contributed by atoms with Gasteiger partial charge in [0.1, 0.15) is 5.75 Å². The van der Waals surface area contributed by atoms with Gasteiger partial charge in [0.15, 0.2) is 0 Å². The van der Waals surface area contributed by atoms with E-state index >= 15 is 0 Å². The molecule has 1 fully saturated rings. The van der Waals surface area contributed by atoms with E-state index in [1.54, 1.807) is 30.2 Å². The van der Waals surface area contributed by atoms with Gasteiger partial charge in [0.25, 0.3) is 0 Å². The minimum absolute atomic E-state index is 0.0527. The number of carbonyl (C=O) groups is 2. The van der Waals surface area contributed by atoms with Crippen molar-refractivity contribution < 1.29 is 14.3 Å². The molecule has 1 heterocycles. The Labute approximate surface area is 151 Å². The van der Waals surface area contributed by atoms with E-state index in [4.69, 9.17) is 16.3 Å². The summed E-state index contributed by atoms with van der Waals surface area (Å²) in [7, 11) is 1.59. The van der Waals surface area contributed by atoms with E-state index in [-0.39, 0.29) is 24.2 Å². The number of anilines is 1. The summed E-state index contributed by atoms with van der Waals surface area (Å²) in [5, 5.41) is 3.49. The zero-order valence-electron chi connectivity index (χ0n) is 13.9. The lowest BCUT2D eigenvalue weighted by Crippen LogP contribution is -2.32. The Hall–Kier alpha value is -2.53. The number of amides is 2. The molecule has 2 aromatic carbocycles. The molecule has 0 aromatic heterocycles. The van der Waals surface area contributed by atoms with Crippen molar-refractivity contribution in [2.24, 2.45) is 5.92 Å². The van der Waals surface area contributed by atoms with Crippen LogP contribution < -0.4 is 15.0 Å². The number of ether oxygens (including phenoxy) is 1. The summed E-state index contributed by atoms with van der Waals surface area (Å²) in [5.41, 5.74) is 1.63. The molecular weight excluding hydrogens is 340 g/mol. The van der Waals surface area contributed by atoms with E-state index in [1.807, 2.05) is 30.3 Å². The molecule has 1 aliphatic rings. The van der Waals surface area contributed by atoms with Crippen LogP contribution in [0.3, 0.4) is 0 Å². The largest absolute Gasteiger partial charge is 0.497 e. The first-order valence-corrected chi connectivity index (χ1v) is 8.42. The number of hydrogen-bond donors (Lipinski definition) is 1. The topological polar surface area (TPSA) is 58.6 Å². The maximum atomic E-state index is 12.4. The third-order valence-corrected chi connectivity index (χ3v) is 4.66. The van der Waals surface area contributed by atoms with Crippen molar-refractivity contribution >= 4 is 29.1 Å². The van der Waals surface area contributed by atoms with Crippen molar-refractivity contribution in [3.63, 3.8) is 0 Å². The molecule has 1 aliphatic heterocycles. The van der Waals surface area contributed by atoms with Crippen LogP contribution in [0.4, 0.5) is 5.69 Å². The fourth-order valence-electron chi connectivity index (χ4n) is 2.86. The van der Waals surface area contributed by atoms with Crippen LogP contribution in [-0.4, -0.2) is 25.5 Å². The van der Waals surface area contributed by atoms with Gasteiger partial charge in [0, 0.05) is 30.2 Å². The summed E-state index contributed by atoms with van der Waals surface area (Å²) < 4.78 is 5.12. The molecular formula is C19H19ClN2O3. The van der Waals surface area contributed by atoms with Gasteiger partial charge in [-0.15, -0.1) is 0 Å². The molecule has 0 unspecified atom stereocenters. The van der Waals surface area contributed by atoms with Crippen LogP contribution in [0.2, 0.25) is 5.02 Å². The predicted octanol–water partition coefficient (Wildman–Crippen LogP) is 3.02. The molecule has 0 saturated carbocycles. The first-order valence-electron chi connectivity index (χ1n) is 8.04. The van der Waals surface area contributed by atoms with Crippen molar-refractivity contribution in [3.8, 4) is 5.75 Å². The molecule has 130 valence electrons. The number of carbonyl (C=O) groups excluding carboxylic acids is 2. The Morgan fingerprint density at radius 1 is 1.24 bits per heavy atom. The van der Waals surface area contributed by atoms with Crippen molar-refractivity contribution in [1.82, 2.24) is 5.32 Å². The van der Waals surface area contributed by atoms with Gasteiger partial charge in [0.2, 0.25) is 11.8 Å². The third-order valence-electron chi connectivity index (χ3n) is 4.29. The van der Waals surface area contributed by atoms with E-state index in [0.717, 1.165) is 17.0 Å². The molecule has 5 nitrogen and oxygen atoms in total. The van der Waals surface area contributed by atoms with Crippen LogP contribution in [0.15, 0.2) is 48.5 Å². The van der Waals surface area contributed by atoms with Gasteiger partial charge in [-0.1, -0.05) is 29.8 Å². The van der Waals surface area contributed by atoms with Crippen LogP contribution >= 0.6 is 11.6 Å². The minimum Gasteiger partial charge on any atom is -0.497 e. The number of halogens is 1. The maximum Gasteiger partial charge on any atom is 0.227 e. The number of hydrogen-bond acceptors (Lipinski definition) is 3. The lowest BCUT2D eigenvalue weighted by atomic mass is 10.1. The highest BCUT2D eigenvalue weighted by atomic mass is 35.5. The summed E-state index contributed by atoms with van der Waals surface area (Å²) in [6, 6.07) is 14.6. The average molecular weight is 359 g/mol. The van der Waals surface area contributed by atoms with Gasteiger partial charge in [0.05, 0.1) is 13.0 Å². The number of nitrogens with one attached hydrogen (secondary N) is 1. The molecule has 1 saturated heterocycles. The quantitative estimate of drug-likeness (QED) is 0.893. The molecule has 2 aromatic rings. The first-order chi connectivity index (χ1) is 12.1. The van der Waals surface area contributed by atoms with Crippen molar-refractivity contribution in [1.29, 1.82) is 0 Å². The van der Waals surface area contributed by atoms with Crippen molar-refractivity contribution in [3.05, 3.63) is 59.1 Å². The fraction of sp³-hybridized carbons (Fsp3) is 0.263. The van der Waals surface area contributed by atoms with Gasteiger partial charge in [-0.05, 0) is 35.9 Å². The van der Waals surface area contributed by atoms with Crippen LogP contribution in [0, 0.1) is 5.92 Å². The second-order valence-corrected chi connectivity index (χ2v) is 6.32. The first kappa shape index (κ1) is 17.3. The highest BCUT2D eigenvalue weighted by molar-refractivity contribution is 6.31. The summed E-state index contributed by atoms with van der Waals surface area (Å²) in [5.74, 6) is 0.175. The number of methoxy groups -OCH3 is 1. The number of nitrogens with zero attached hydrogens (tertiary/aromatic N) is 1. The SMILES string of the molecule is COc1ccc(N2C[C@H](C(=O)NCc3ccccc3Cl)CC2=O)cc1. The van der Waals surface area contributed by atoms with Gasteiger partial charge >= 0.3 is 0 Å².